The molecular formula is C20H31N2O6P. The molecule has 1 amide bonds. The Morgan fingerprint density at radius 1 is 1.21 bits per heavy atom. The summed E-state index contributed by atoms with van der Waals surface area (Å²) < 4.78 is 18.4. The third-order valence-electron chi connectivity index (χ3n) is 5.29. The molecule has 0 bridgehead atoms. The maximum absolute atomic E-state index is 13.1. The van der Waals surface area contributed by atoms with Gasteiger partial charge in [0.1, 0.15) is 5.28 Å². The Balaban J connectivity index is 2.05. The SMILES string of the molecule is NCCCCC(OP(=O)(O)C1(NC(=O)CCc2ccccc2)CCCC1)C(=O)O. The number of carbonyl (C=O) groups is 2. The molecule has 1 aromatic rings. The van der Waals surface area contributed by atoms with Gasteiger partial charge in [-0.2, -0.15) is 0 Å². The summed E-state index contributed by atoms with van der Waals surface area (Å²) in [5.74, 6) is -1.64. The standard InChI is InChI=1S/C20H31N2O6P/c21-15-7-4-10-17(19(24)25)28-29(26,27)20(13-5-6-14-20)22-18(23)12-11-16-8-2-1-3-9-16/h1-3,8-9,17H,4-7,10-15,21H2,(H,22,23)(H,24,25)(H,26,27). The Morgan fingerprint density at radius 3 is 2.45 bits per heavy atom. The molecule has 1 aliphatic rings. The van der Waals surface area contributed by atoms with Crippen LogP contribution in [0.4, 0.5) is 0 Å². The second-order valence-corrected chi connectivity index (χ2v) is 9.62. The van der Waals surface area contributed by atoms with E-state index in [9.17, 15) is 24.2 Å². The molecule has 1 aliphatic carbocycles. The Labute approximate surface area is 171 Å². The van der Waals surface area contributed by atoms with Crippen LogP contribution in [0, 0.1) is 0 Å². The summed E-state index contributed by atoms with van der Waals surface area (Å²) in [6.45, 7) is 0.407. The highest BCUT2D eigenvalue weighted by molar-refractivity contribution is 7.54. The zero-order valence-electron chi connectivity index (χ0n) is 16.6. The topological polar surface area (TPSA) is 139 Å². The fraction of sp³-hybridized carbons (Fsp3) is 0.600. The highest BCUT2D eigenvalue weighted by Crippen LogP contribution is 2.61. The minimum atomic E-state index is -4.42. The second kappa shape index (κ2) is 10.9. The summed E-state index contributed by atoms with van der Waals surface area (Å²) in [6.07, 6.45) is 2.34. The molecule has 8 nitrogen and oxygen atoms in total. The van der Waals surface area contributed by atoms with Crippen molar-refractivity contribution in [3.8, 4) is 0 Å². The number of carbonyl (C=O) groups excluding carboxylic acids is 1. The molecular weight excluding hydrogens is 395 g/mol. The van der Waals surface area contributed by atoms with Crippen LogP contribution < -0.4 is 11.1 Å². The van der Waals surface area contributed by atoms with Gasteiger partial charge in [0, 0.05) is 6.42 Å². The summed E-state index contributed by atoms with van der Waals surface area (Å²) in [5.41, 5.74) is 6.42. The lowest BCUT2D eigenvalue weighted by Crippen LogP contribution is -2.47. The van der Waals surface area contributed by atoms with E-state index in [1.807, 2.05) is 30.3 Å². The van der Waals surface area contributed by atoms with Gasteiger partial charge in [-0.25, -0.2) is 4.79 Å². The first-order chi connectivity index (χ1) is 13.8. The van der Waals surface area contributed by atoms with E-state index in [2.05, 4.69) is 5.32 Å². The van der Waals surface area contributed by atoms with Crippen LogP contribution in [-0.2, 0) is 25.1 Å². The first-order valence-corrected chi connectivity index (χ1v) is 11.7. The van der Waals surface area contributed by atoms with Crippen molar-refractivity contribution in [2.75, 3.05) is 6.54 Å². The molecule has 29 heavy (non-hydrogen) atoms. The summed E-state index contributed by atoms with van der Waals surface area (Å²) in [7, 11) is -4.42. The largest absolute Gasteiger partial charge is 0.479 e. The van der Waals surface area contributed by atoms with E-state index in [-0.39, 0.29) is 31.6 Å². The normalized spacial score (nSPS) is 18.7. The van der Waals surface area contributed by atoms with Crippen LogP contribution in [0.15, 0.2) is 30.3 Å². The van der Waals surface area contributed by atoms with Gasteiger partial charge >= 0.3 is 13.6 Å². The van der Waals surface area contributed by atoms with Crippen LogP contribution in [-0.4, -0.2) is 39.8 Å². The molecule has 1 fully saturated rings. The van der Waals surface area contributed by atoms with Crippen LogP contribution in [0.1, 0.15) is 56.9 Å². The third kappa shape index (κ3) is 6.64. The van der Waals surface area contributed by atoms with Crippen molar-refractivity contribution < 1.29 is 28.7 Å². The van der Waals surface area contributed by atoms with Crippen LogP contribution in [0.2, 0.25) is 0 Å². The van der Waals surface area contributed by atoms with Gasteiger partial charge in [-0.1, -0.05) is 43.2 Å². The quantitative estimate of drug-likeness (QED) is 0.298. The van der Waals surface area contributed by atoms with Gasteiger partial charge in [0.2, 0.25) is 5.91 Å². The van der Waals surface area contributed by atoms with Crippen molar-refractivity contribution in [1.82, 2.24) is 5.32 Å². The molecule has 0 saturated heterocycles. The number of nitrogens with one attached hydrogen (secondary N) is 1. The number of carboxylic acid groups (broad SMARTS) is 1. The van der Waals surface area contributed by atoms with Gasteiger partial charge in [-0.15, -0.1) is 0 Å². The second-order valence-electron chi connectivity index (χ2n) is 7.51. The smallest absolute Gasteiger partial charge is 0.354 e. The van der Waals surface area contributed by atoms with Gasteiger partial charge in [0.25, 0.3) is 0 Å². The molecule has 2 atom stereocenters. The number of aliphatic carboxylic acids is 1. The molecule has 1 saturated carbocycles. The molecule has 0 aromatic heterocycles. The molecule has 0 spiro atoms. The summed E-state index contributed by atoms with van der Waals surface area (Å²) in [6, 6.07) is 9.49. The van der Waals surface area contributed by atoms with Gasteiger partial charge in [-0.05, 0) is 50.6 Å². The zero-order valence-corrected chi connectivity index (χ0v) is 17.5. The molecule has 1 aromatic carbocycles. The first-order valence-electron chi connectivity index (χ1n) is 10.1. The molecule has 5 N–H and O–H groups in total. The molecule has 0 radical (unpaired) electrons. The van der Waals surface area contributed by atoms with Crippen molar-refractivity contribution in [3.05, 3.63) is 35.9 Å². The van der Waals surface area contributed by atoms with Gasteiger partial charge in [-0.3, -0.25) is 13.9 Å². The lowest BCUT2D eigenvalue weighted by Gasteiger charge is -2.35. The van der Waals surface area contributed by atoms with E-state index >= 15 is 0 Å². The number of amides is 1. The summed E-state index contributed by atoms with van der Waals surface area (Å²) in [5, 5.41) is 10.7. The molecule has 2 rings (SSSR count). The van der Waals surface area contributed by atoms with Crippen LogP contribution >= 0.6 is 7.60 Å². The number of rotatable bonds is 12. The number of unbranched alkanes of at least 4 members (excludes halogenated alkanes) is 1. The molecule has 9 heteroatoms. The Morgan fingerprint density at radius 2 is 1.86 bits per heavy atom. The Kier molecular flexibility index (Phi) is 8.83. The molecule has 2 unspecified atom stereocenters. The monoisotopic (exact) mass is 426 g/mol. The van der Waals surface area contributed by atoms with E-state index in [1.165, 1.54) is 0 Å². The molecule has 0 aliphatic heterocycles. The van der Waals surface area contributed by atoms with E-state index in [1.54, 1.807) is 0 Å². The predicted octanol–water partition coefficient (Wildman–Crippen LogP) is 2.79. The Bertz CT molecular complexity index is 721. The lowest BCUT2D eigenvalue weighted by molar-refractivity contribution is -0.146. The van der Waals surface area contributed by atoms with Crippen LogP contribution in [0.3, 0.4) is 0 Å². The highest BCUT2D eigenvalue weighted by atomic mass is 31.2. The van der Waals surface area contributed by atoms with Crippen molar-refractivity contribution in [2.45, 2.75) is 69.2 Å². The third-order valence-corrected chi connectivity index (χ3v) is 7.47. The number of hydrogen-bond donors (Lipinski definition) is 4. The average molecular weight is 426 g/mol. The fourth-order valence-electron chi connectivity index (χ4n) is 3.63. The zero-order chi connectivity index (χ0) is 21.3. The van der Waals surface area contributed by atoms with Gasteiger partial charge in [0.05, 0.1) is 0 Å². The van der Waals surface area contributed by atoms with Crippen molar-refractivity contribution in [2.24, 2.45) is 5.73 Å². The van der Waals surface area contributed by atoms with E-state index in [0.717, 1.165) is 5.56 Å². The predicted molar refractivity (Wildman–Crippen MR) is 109 cm³/mol. The summed E-state index contributed by atoms with van der Waals surface area (Å²) in [4.78, 5) is 34.7. The first kappa shape index (κ1) is 23.5. The maximum atomic E-state index is 13.1. The molecule has 0 heterocycles. The minimum absolute atomic E-state index is 0.0924. The van der Waals surface area contributed by atoms with Crippen molar-refractivity contribution in [3.63, 3.8) is 0 Å². The average Bonchev–Trinajstić information content (AvgIpc) is 3.17. The van der Waals surface area contributed by atoms with Gasteiger partial charge < -0.3 is 21.1 Å². The minimum Gasteiger partial charge on any atom is -0.479 e. The van der Waals surface area contributed by atoms with Crippen LogP contribution in [0.5, 0.6) is 0 Å². The van der Waals surface area contributed by atoms with Gasteiger partial charge in [0.15, 0.2) is 6.10 Å². The number of benzene rings is 1. The Hall–Kier alpha value is -1.73. The maximum Gasteiger partial charge on any atom is 0.354 e. The van der Waals surface area contributed by atoms with E-state index < -0.39 is 24.9 Å². The summed E-state index contributed by atoms with van der Waals surface area (Å²) >= 11 is 0. The number of nitrogens with two attached hydrogens (primary N) is 1. The van der Waals surface area contributed by atoms with Crippen molar-refractivity contribution in [1.29, 1.82) is 0 Å². The number of aryl methyl sites for hydroxylation is 1. The number of hydrogen-bond acceptors (Lipinski definition) is 5. The highest BCUT2D eigenvalue weighted by Gasteiger charge is 2.53. The fourth-order valence-corrected chi connectivity index (χ4v) is 5.52. The van der Waals surface area contributed by atoms with Crippen LogP contribution in [0.25, 0.3) is 0 Å². The van der Waals surface area contributed by atoms with Crippen molar-refractivity contribution >= 4 is 19.5 Å². The molecule has 162 valence electrons. The van der Waals surface area contributed by atoms with E-state index in [4.69, 9.17) is 10.3 Å². The lowest BCUT2D eigenvalue weighted by atomic mass is 10.1. The number of carboxylic acids is 1. The van der Waals surface area contributed by atoms with E-state index in [0.29, 0.717) is 38.6 Å².